The van der Waals surface area contributed by atoms with Gasteiger partial charge < -0.3 is 19.7 Å². The lowest BCUT2D eigenvalue weighted by molar-refractivity contribution is 0.165. The molecule has 4 nitrogen and oxygen atoms in total. The molecule has 5 heteroatoms. The number of aliphatic hydroxyl groups excluding tert-OH is 1. The van der Waals surface area contributed by atoms with Crippen molar-refractivity contribution in [2.45, 2.75) is 31.3 Å². The van der Waals surface area contributed by atoms with Crippen molar-refractivity contribution in [2.75, 3.05) is 26.2 Å². The Morgan fingerprint density at radius 2 is 1.96 bits per heavy atom. The van der Waals surface area contributed by atoms with Crippen LogP contribution in [0.4, 0.5) is 4.39 Å². The number of likely N-dealkylation sites (tertiary alicyclic amines) is 1. The Kier molecular flexibility index (Phi) is 6.01. The van der Waals surface area contributed by atoms with Gasteiger partial charge in [-0.05, 0) is 62.2 Å². The van der Waals surface area contributed by atoms with Crippen molar-refractivity contribution in [3.05, 3.63) is 59.8 Å². The maximum atomic E-state index is 12.9. The van der Waals surface area contributed by atoms with Crippen LogP contribution in [0.5, 0.6) is 0 Å². The van der Waals surface area contributed by atoms with Gasteiger partial charge in [-0.25, -0.2) is 4.39 Å². The second-order valence-electron chi connectivity index (χ2n) is 6.41. The minimum Gasteiger partial charge on any atom is -0.468 e. The standard InChI is InChI=1S/C19H25FN2O2/c20-16-5-3-15(4-6-16)7-10-22-11-8-17(9-12-22)21-18(14-23)19-2-1-13-24-19/h1-6,13,17-18,21,23H,7-12,14H2. The average Bonchev–Trinajstić information content (AvgIpc) is 3.15. The van der Waals surface area contributed by atoms with Crippen LogP contribution in [0, 0.1) is 5.82 Å². The zero-order valence-corrected chi connectivity index (χ0v) is 13.8. The van der Waals surface area contributed by atoms with Crippen molar-refractivity contribution in [2.24, 2.45) is 0 Å². The van der Waals surface area contributed by atoms with E-state index in [1.807, 2.05) is 24.3 Å². The van der Waals surface area contributed by atoms with Gasteiger partial charge in [-0.3, -0.25) is 0 Å². The van der Waals surface area contributed by atoms with E-state index in [1.54, 1.807) is 6.26 Å². The quantitative estimate of drug-likeness (QED) is 0.818. The summed E-state index contributed by atoms with van der Waals surface area (Å²) in [6.07, 6.45) is 4.70. The van der Waals surface area contributed by atoms with Crippen LogP contribution >= 0.6 is 0 Å². The molecule has 1 aliphatic heterocycles. The van der Waals surface area contributed by atoms with Gasteiger partial charge in [-0.1, -0.05) is 12.1 Å². The summed E-state index contributed by atoms with van der Waals surface area (Å²) in [4.78, 5) is 2.45. The van der Waals surface area contributed by atoms with Crippen molar-refractivity contribution < 1.29 is 13.9 Å². The predicted octanol–water partition coefficient (Wildman–Crippen LogP) is 2.75. The van der Waals surface area contributed by atoms with Gasteiger partial charge in [0.1, 0.15) is 11.6 Å². The lowest BCUT2D eigenvalue weighted by Gasteiger charge is -2.34. The van der Waals surface area contributed by atoms with Crippen LogP contribution in [0.1, 0.15) is 30.2 Å². The summed E-state index contributed by atoms with van der Waals surface area (Å²) >= 11 is 0. The molecule has 1 aromatic heterocycles. The predicted molar refractivity (Wildman–Crippen MR) is 91.2 cm³/mol. The van der Waals surface area contributed by atoms with Crippen LogP contribution in [0.15, 0.2) is 47.1 Å². The summed E-state index contributed by atoms with van der Waals surface area (Å²) in [5, 5.41) is 13.0. The molecular formula is C19H25FN2O2. The van der Waals surface area contributed by atoms with Gasteiger partial charge in [-0.15, -0.1) is 0 Å². The van der Waals surface area contributed by atoms with Crippen LogP contribution in [-0.4, -0.2) is 42.3 Å². The molecule has 2 heterocycles. The number of hydrogen-bond donors (Lipinski definition) is 2. The molecule has 0 spiro atoms. The Balaban J connectivity index is 1.41. The summed E-state index contributed by atoms with van der Waals surface area (Å²) in [5.41, 5.74) is 1.18. The average molecular weight is 332 g/mol. The first-order valence-corrected chi connectivity index (χ1v) is 8.61. The van der Waals surface area contributed by atoms with Crippen molar-refractivity contribution in [1.82, 2.24) is 10.2 Å². The number of benzene rings is 1. The van der Waals surface area contributed by atoms with Crippen LogP contribution in [0.25, 0.3) is 0 Å². The van der Waals surface area contributed by atoms with E-state index in [-0.39, 0.29) is 18.5 Å². The number of piperidine rings is 1. The van der Waals surface area contributed by atoms with Gasteiger partial charge in [0, 0.05) is 12.6 Å². The Bertz CT molecular complexity index is 592. The monoisotopic (exact) mass is 332 g/mol. The van der Waals surface area contributed by atoms with Crippen molar-refractivity contribution >= 4 is 0 Å². The molecule has 0 aliphatic carbocycles. The smallest absolute Gasteiger partial charge is 0.123 e. The summed E-state index contributed by atoms with van der Waals surface area (Å²) < 4.78 is 18.3. The molecule has 1 aromatic carbocycles. The zero-order valence-electron chi connectivity index (χ0n) is 13.8. The Labute approximate surface area is 142 Å². The number of furan rings is 1. The second-order valence-corrected chi connectivity index (χ2v) is 6.41. The fourth-order valence-corrected chi connectivity index (χ4v) is 3.26. The Morgan fingerprint density at radius 1 is 1.21 bits per heavy atom. The number of nitrogens with zero attached hydrogens (tertiary/aromatic N) is 1. The maximum absolute atomic E-state index is 12.9. The van der Waals surface area contributed by atoms with Gasteiger partial charge in [0.25, 0.3) is 0 Å². The summed E-state index contributed by atoms with van der Waals surface area (Å²) in [6, 6.07) is 10.8. The van der Waals surface area contributed by atoms with Gasteiger partial charge in [0.15, 0.2) is 0 Å². The topological polar surface area (TPSA) is 48.6 Å². The number of hydrogen-bond acceptors (Lipinski definition) is 4. The fraction of sp³-hybridized carbons (Fsp3) is 0.474. The highest BCUT2D eigenvalue weighted by Crippen LogP contribution is 2.18. The third-order valence-electron chi connectivity index (χ3n) is 4.72. The molecule has 0 radical (unpaired) electrons. The van der Waals surface area contributed by atoms with E-state index >= 15 is 0 Å². The number of aliphatic hydroxyl groups is 1. The molecular weight excluding hydrogens is 307 g/mol. The molecule has 0 bridgehead atoms. The van der Waals surface area contributed by atoms with Crippen LogP contribution < -0.4 is 5.32 Å². The number of halogens is 1. The molecule has 1 fully saturated rings. The Morgan fingerprint density at radius 3 is 2.58 bits per heavy atom. The lowest BCUT2D eigenvalue weighted by atomic mass is 10.0. The molecule has 1 saturated heterocycles. The third-order valence-corrected chi connectivity index (χ3v) is 4.72. The highest BCUT2D eigenvalue weighted by atomic mass is 19.1. The first kappa shape index (κ1) is 17.1. The van der Waals surface area contributed by atoms with Gasteiger partial charge in [0.05, 0.1) is 18.9 Å². The minimum absolute atomic E-state index is 0.0400. The zero-order chi connectivity index (χ0) is 16.8. The molecule has 0 amide bonds. The highest BCUT2D eigenvalue weighted by Gasteiger charge is 2.23. The number of nitrogens with one attached hydrogen (secondary N) is 1. The largest absolute Gasteiger partial charge is 0.468 e. The SMILES string of the molecule is OCC(NC1CCN(CCc2ccc(F)cc2)CC1)c1ccco1. The summed E-state index contributed by atoms with van der Waals surface area (Å²) in [6.45, 7) is 3.11. The molecule has 2 aromatic rings. The van der Waals surface area contributed by atoms with Crippen LogP contribution in [0.2, 0.25) is 0 Å². The maximum Gasteiger partial charge on any atom is 0.123 e. The second kappa shape index (κ2) is 8.42. The Hall–Kier alpha value is -1.69. The van der Waals surface area contributed by atoms with Crippen molar-refractivity contribution in [3.63, 3.8) is 0 Å². The fourth-order valence-electron chi connectivity index (χ4n) is 3.26. The molecule has 1 aliphatic rings. The molecule has 2 N–H and O–H groups in total. The van der Waals surface area contributed by atoms with E-state index in [1.165, 1.54) is 17.7 Å². The van der Waals surface area contributed by atoms with E-state index in [2.05, 4.69) is 10.2 Å². The first-order chi connectivity index (χ1) is 11.7. The van der Waals surface area contributed by atoms with Crippen LogP contribution in [-0.2, 0) is 6.42 Å². The molecule has 3 rings (SSSR count). The molecule has 0 saturated carbocycles. The highest BCUT2D eigenvalue weighted by molar-refractivity contribution is 5.16. The molecule has 1 unspecified atom stereocenters. The summed E-state index contributed by atoms with van der Waals surface area (Å²) in [7, 11) is 0. The molecule has 130 valence electrons. The van der Waals surface area contributed by atoms with E-state index < -0.39 is 0 Å². The van der Waals surface area contributed by atoms with Gasteiger partial charge >= 0.3 is 0 Å². The van der Waals surface area contributed by atoms with Crippen molar-refractivity contribution in [1.29, 1.82) is 0 Å². The third kappa shape index (κ3) is 4.66. The van der Waals surface area contributed by atoms with E-state index in [9.17, 15) is 9.50 Å². The minimum atomic E-state index is -0.180. The van der Waals surface area contributed by atoms with E-state index in [4.69, 9.17) is 4.42 Å². The number of rotatable bonds is 7. The first-order valence-electron chi connectivity index (χ1n) is 8.61. The van der Waals surface area contributed by atoms with Gasteiger partial charge in [-0.2, -0.15) is 0 Å². The van der Waals surface area contributed by atoms with Crippen LogP contribution in [0.3, 0.4) is 0 Å². The lowest BCUT2D eigenvalue weighted by Crippen LogP contribution is -2.44. The van der Waals surface area contributed by atoms with E-state index in [0.717, 1.165) is 44.7 Å². The molecule has 24 heavy (non-hydrogen) atoms. The normalized spacial score (nSPS) is 17.9. The molecule has 1 atom stereocenters. The summed E-state index contributed by atoms with van der Waals surface area (Å²) in [5.74, 6) is 0.608. The van der Waals surface area contributed by atoms with Gasteiger partial charge in [0.2, 0.25) is 0 Å². The van der Waals surface area contributed by atoms with Crippen molar-refractivity contribution in [3.8, 4) is 0 Å². The van der Waals surface area contributed by atoms with E-state index in [0.29, 0.717) is 6.04 Å².